The van der Waals surface area contributed by atoms with Crippen molar-refractivity contribution in [3.63, 3.8) is 0 Å². The van der Waals surface area contributed by atoms with Crippen molar-refractivity contribution in [1.82, 2.24) is 0 Å². The first kappa shape index (κ1) is 12.6. The number of carbonyl (C=O) groups is 1. The number of rotatable bonds is 4. The number of halogens is 5. The number of alkyl halides is 4. The Balaban J connectivity index is 2.76. The van der Waals surface area contributed by atoms with E-state index in [2.05, 4.69) is 15.9 Å². The van der Waals surface area contributed by atoms with Gasteiger partial charge in [-0.15, -0.1) is 11.3 Å². The van der Waals surface area contributed by atoms with Crippen molar-refractivity contribution in [2.24, 2.45) is 0 Å². The molecule has 0 N–H and O–H groups in total. The van der Waals surface area contributed by atoms with Gasteiger partial charge in [-0.05, 0) is 27.4 Å². The molecule has 84 valence electrons. The van der Waals surface area contributed by atoms with Gasteiger partial charge in [0.25, 0.3) is 0 Å². The largest absolute Gasteiger partial charge is 0.364 e. The average Bonchev–Trinajstić information content (AvgIpc) is 2.51. The van der Waals surface area contributed by atoms with E-state index in [4.69, 9.17) is 0 Å². The van der Waals surface area contributed by atoms with E-state index in [0.29, 0.717) is 9.35 Å². The summed E-state index contributed by atoms with van der Waals surface area (Å²) in [6, 6.07) is 1.56. The van der Waals surface area contributed by atoms with Crippen LogP contribution in [0.5, 0.6) is 0 Å². The molecule has 0 aliphatic heterocycles. The molecule has 1 heterocycles. The van der Waals surface area contributed by atoms with Crippen molar-refractivity contribution in [3.8, 4) is 0 Å². The van der Waals surface area contributed by atoms with Crippen molar-refractivity contribution in [1.29, 1.82) is 0 Å². The van der Waals surface area contributed by atoms with Crippen LogP contribution in [0.25, 0.3) is 0 Å². The van der Waals surface area contributed by atoms with Crippen LogP contribution in [0.4, 0.5) is 17.6 Å². The molecule has 0 fully saturated rings. The lowest BCUT2D eigenvalue weighted by Gasteiger charge is -2.12. The third-order valence-electron chi connectivity index (χ3n) is 1.66. The maximum Gasteiger partial charge on any atom is 0.364 e. The minimum absolute atomic E-state index is 0.320. The Morgan fingerprint density at radius 2 is 2.13 bits per heavy atom. The molecule has 0 saturated carbocycles. The molecule has 1 aromatic rings. The van der Waals surface area contributed by atoms with Crippen molar-refractivity contribution >= 4 is 33.0 Å². The molecule has 1 aromatic heterocycles. The first-order valence-corrected chi connectivity index (χ1v) is 5.44. The normalized spacial score (nSPS) is 12.1. The lowest BCUT2D eigenvalue weighted by atomic mass is 10.1. The second-order valence-electron chi connectivity index (χ2n) is 2.72. The van der Waals surface area contributed by atoms with Gasteiger partial charge in [0, 0.05) is 15.8 Å². The van der Waals surface area contributed by atoms with Gasteiger partial charge in [0.2, 0.25) is 5.78 Å². The van der Waals surface area contributed by atoms with Crippen LogP contribution in [-0.4, -0.2) is 18.1 Å². The third kappa shape index (κ3) is 2.78. The predicted octanol–water partition coefficient (Wildman–Crippen LogP) is 3.52. The first-order valence-electron chi connectivity index (χ1n) is 3.77. The zero-order valence-electron chi connectivity index (χ0n) is 7.15. The molecule has 0 bridgehead atoms. The number of carbonyl (C=O) groups excluding carboxylic acids is 1. The summed E-state index contributed by atoms with van der Waals surface area (Å²) in [5.74, 6) is -6.33. The highest BCUT2D eigenvalue weighted by atomic mass is 79.9. The smallest absolute Gasteiger partial charge is 0.292 e. The number of ketones is 1. The first-order chi connectivity index (χ1) is 6.85. The minimum atomic E-state index is -4.57. The quantitative estimate of drug-likeness (QED) is 0.778. The van der Waals surface area contributed by atoms with E-state index < -0.39 is 24.6 Å². The zero-order chi connectivity index (χ0) is 11.6. The van der Waals surface area contributed by atoms with Gasteiger partial charge in [-0.2, -0.15) is 8.78 Å². The number of hydrogen-bond donors (Lipinski definition) is 0. The van der Waals surface area contributed by atoms with Crippen LogP contribution < -0.4 is 0 Å². The Morgan fingerprint density at radius 3 is 2.53 bits per heavy atom. The Kier molecular flexibility index (Phi) is 3.88. The number of thiophene rings is 1. The van der Waals surface area contributed by atoms with Gasteiger partial charge in [-0.3, -0.25) is 4.79 Å². The second-order valence-corrected chi connectivity index (χ2v) is 4.57. The monoisotopic (exact) mass is 304 g/mol. The summed E-state index contributed by atoms with van der Waals surface area (Å²) in [6.45, 7) is 0. The number of hydrogen-bond acceptors (Lipinski definition) is 2. The summed E-state index contributed by atoms with van der Waals surface area (Å²) in [5.41, 5.74) is 0. The van der Waals surface area contributed by atoms with E-state index in [1.54, 1.807) is 11.4 Å². The summed E-state index contributed by atoms with van der Waals surface area (Å²) in [4.78, 5) is 11.2. The summed E-state index contributed by atoms with van der Waals surface area (Å²) in [6.07, 6.45) is -4.64. The molecular formula is C8H5BrF4OS. The fourth-order valence-electron chi connectivity index (χ4n) is 0.837. The fourth-order valence-corrected chi connectivity index (χ4v) is 2.33. The molecule has 0 atom stereocenters. The summed E-state index contributed by atoms with van der Waals surface area (Å²) < 4.78 is 49.2. The van der Waals surface area contributed by atoms with Gasteiger partial charge in [0.1, 0.15) is 0 Å². The van der Waals surface area contributed by atoms with E-state index in [1.807, 2.05) is 0 Å². The Labute approximate surface area is 95.2 Å². The van der Waals surface area contributed by atoms with E-state index in [0.717, 1.165) is 11.3 Å². The Morgan fingerprint density at radius 1 is 1.53 bits per heavy atom. The molecular weight excluding hydrogens is 300 g/mol. The number of Topliss-reactive ketones (excluding diaryl/α,β-unsaturated/α-hetero) is 1. The lowest BCUT2D eigenvalue weighted by Crippen LogP contribution is -2.37. The van der Waals surface area contributed by atoms with Gasteiger partial charge >= 0.3 is 12.3 Å². The molecule has 0 unspecified atom stereocenters. The van der Waals surface area contributed by atoms with E-state index >= 15 is 0 Å². The third-order valence-corrected chi connectivity index (χ3v) is 3.58. The van der Waals surface area contributed by atoms with Crippen LogP contribution >= 0.6 is 27.3 Å². The van der Waals surface area contributed by atoms with Crippen molar-refractivity contribution in [2.75, 3.05) is 0 Å². The molecule has 0 spiro atoms. The van der Waals surface area contributed by atoms with Crippen LogP contribution in [0.1, 0.15) is 4.88 Å². The lowest BCUT2D eigenvalue weighted by molar-refractivity contribution is -0.166. The highest BCUT2D eigenvalue weighted by Gasteiger charge is 2.48. The molecule has 1 rings (SSSR count). The molecule has 0 aromatic carbocycles. The molecule has 0 aliphatic carbocycles. The van der Waals surface area contributed by atoms with E-state index in [-0.39, 0.29) is 0 Å². The Bertz CT molecular complexity index is 363. The zero-order valence-corrected chi connectivity index (χ0v) is 9.55. The maximum atomic E-state index is 12.6. The fraction of sp³-hybridized carbons (Fsp3) is 0.375. The summed E-state index contributed by atoms with van der Waals surface area (Å²) in [7, 11) is 0. The van der Waals surface area contributed by atoms with Gasteiger partial charge in [-0.25, -0.2) is 8.78 Å². The van der Waals surface area contributed by atoms with Gasteiger partial charge < -0.3 is 0 Å². The Hall–Kier alpha value is -0.430. The highest BCUT2D eigenvalue weighted by molar-refractivity contribution is 9.10. The molecule has 1 nitrogen and oxygen atoms in total. The minimum Gasteiger partial charge on any atom is -0.292 e. The van der Waals surface area contributed by atoms with Crippen LogP contribution in [0.15, 0.2) is 15.9 Å². The molecule has 0 saturated heterocycles. The van der Waals surface area contributed by atoms with Crippen LogP contribution in [0.3, 0.4) is 0 Å². The molecule has 7 heteroatoms. The average molecular weight is 305 g/mol. The molecule has 0 aliphatic rings. The van der Waals surface area contributed by atoms with Crippen LogP contribution in [0.2, 0.25) is 0 Å². The summed E-state index contributed by atoms with van der Waals surface area (Å²) in [5, 5.41) is 1.58. The van der Waals surface area contributed by atoms with Gasteiger partial charge in [0.15, 0.2) is 0 Å². The van der Waals surface area contributed by atoms with Gasteiger partial charge in [-0.1, -0.05) is 0 Å². The van der Waals surface area contributed by atoms with Crippen LogP contribution in [0, 0.1) is 0 Å². The van der Waals surface area contributed by atoms with Crippen molar-refractivity contribution in [3.05, 3.63) is 20.8 Å². The topological polar surface area (TPSA) is 17.1 Å². The van der Waals surface area contributed by atoms with E-state index in [1.165, 1.54) is 0 Å². The second kappa shape index (κ2) is 4.61. The van der Waals surface area contributed by atoms with Crippen LogP contribution in [-0.2, 0) is 11.2 Å². The van der Waals surface area contributed by atoms with E-state index in [9.17, 15) is 22.4 Å². The van der Waals surface area contributed by atoms with Crippen molar-refractivity contribution in [2.45, 2.75) is 18.8 Å². The summed E-state index contributed by atoms with van der Waals surface area (Å²) >= 11 is 4.08. The molecule has 15 heavy (non-hydrogen) atoms. The standard InChI is InChI=1S/C8H5BrF4OS/c9-4-1-2-15-5(4)3-6(14)8(12,13)7(10)11/h1-2,7H,3H2. The maximum absolute atomic E-state index is 12.6. The predicted molar refractivity (Wildman–Crippen MR) is 51.7 cm³/mol. The highest BCUT2D eigenvalue weighted by Crippen LogP contribution is 2.29. The molecule has 0 amide bonds. The molecule has 0 radical (unpaired) electrons. The SMILES string of the molecule is O=C(Cc1sccc1Br)C(F)(F)C(F)F. The van der Waals surface area contributed by atoms with Crippen molar-refractivity contribution < 1.29 is 22.4 Å². The van der Waals surface area contributed by atoms with Gasteiger partial charge in [0.05, 0.1) is 0 Å².